The van der Waals surface area contributed by atoms with Gasteiger partial charge in [0.25, 0.3) is 0 Å². The molecule has 1 aliphatic rings. The Morgan fingerprint density at radius 2 is 2.21 bits per heavy atom. The van der Waals surface area contributed by atoms with Gasteiger partial charge in [0.05, 0.1) is 5.69 Å². The summed E-state index contributed by atoms with van der Waals surface area (Å²) in [5, 5.41) is 8.81. The maximum Gasteiger partial charge on any atom is 0.311 e. The van der Waals surface area contributed by atoms with Gasteiger partial charge in [-0.1, -0.05) is 0 Å². The van der Waals surface area contributed by atoms with Gasteiger partial charge in [0.15, 0.2) is 5.01 Å². The fourth-order valence-corrected chi connectivity index (χ4v) is 2.61. The molecule has 0 aromatic carbocycles. The Kier molecular flexibility index (Phi) is 2.33. The smallest absolute Gasteiger partial charge is 0.311 e. The average Bonchev–Trinajstić information content (AvgIpc) is 2.58. The van der Waals surface area contributed by atoms with E-state index in [9.17, 15) is 9.59 Å². The van der Waals surface area contributed by atoms with Gasteiger partial charge in [-0.25, -0.2) is 4.98 Å². The van der Waals surface area contributed by atoms with Crippen LogP contribution in [0.25, 0.3) is 0 Å². The van der Waals surface area contributed by atoms with Crippen molar-refractivity contribution in [1.29, 1.82) is 0 Å². The second-order valence-corrected chi connectivity index (χ2v) is 4.32. The van der Waals surface area contributed by atoms with E-state index in [1.165, 1.54) is 11.3 Å². The molecule has 0 atom stereocenters. The van der Waals surface area contributed by atoms with E-state index in [2.05, 4.69) is 4.98 Å². The number of aliphatic carboxylic acids is 1. The Balaban J connectivity index is 2.17. The number of thiazole rings is 1. The van der Waals surface area contributed by atoms with Crippen LogP contribution < -0.4 is 0 Å². The Morgan fingerprint density at radius 3 is 2.86 bits per heavy atom. The number of carboxylic acids is 1. The Hall–Kier alpha value is -1.23. The standard InChI is InChI=1S/C9H9NO3S/c11-6(4-8(12)13)9-10-5-2-1-3-7(5)14-9/h1-4H2,(H,12,13). The topological polar surface area (TPSA) is 67.3 Å². The van der Waals surface area contributed by atoms with E-state index in [1.807, 2.05) is 0 Å². The van der Waals surface area contributed by atoms with Crippen LogP contribution in [0, 0.1) is 0 Å². The number of carbonyl (C=O) groups excluding carboxylic acids is 1. The number of rotatable bonds is 3. The minimum absolute atomic E-state index is 0.358. The molecule has 0 unspecified atom stereocenters. The lowest BCUT2D eigenvalue weighted by Crippen LogP contribution is -2.06. The van der Waals surface area contributed by atoms with Crippen molar-refractivity contribution in [2.45, 2.75) is 25.7 Å². The van der Waals surface area contributed by atoms with Gasteiger partial charge in [-0.3, -0.25) is 9.59 Å². The first-order chi connectivity index (χ1) is 6.66. The lowest BCUT2D eigenvalue weighted by Gasteiger charge is -1.91. The van der Waals surface area contributed by atoms with Crippen molar-refractivity contribution in [3.05, 3.63) is 15.6 Å². The molecule has 0 spiro atoms. The third kappa shape index (κ3) is 1.68. The summed E-state index contributed by atoms with van der Waals surface area (Å²) in [6.07, 6.45) is 2.55. The van der Waals surface area contributed by atoms with E-state index >= 15 is 0 Å². The van der Waals surface area contributed by atoms with E-state index in [4.69, 9.17) is 5.11 Å². The van der Waals surface area contributed by atoms with Crippen LogP contribution in [-0.2, 0) is 17.6 Å². The molecule has 0 radical (unpaired) electrons. The minimum Gasteiger partial charge on any atom is -0.481 e. The summed E-state index contributed by atoms with van der Waals surface area (Å²) in [5.41, 5.74) is 0.990. The monoisotopic (exact) mass is 211 g/mol. The number of carbonyl (C=O) groups is 2. The first kappa shape index (κ1) is 9.33. The lowest BCUT2D eigenvalue weighted by molar-refractivity contribution is -0.135. The van der Waals surface area contributed by atoms with Crippen molar-refractivity contribution in [2.75, 3.05) is 0 Å². The van der Waals surface area contributed by atoms with Crippen LogP contribution in [0.5, 0.6) is 0 Å². The fourth-order valence-electron chi connectivity index (χ4n) is 1.52. The zero-order valence-corrected chi connectivity index (χ0v) is 8.26. The average molecular weight is 211 g/mol. The highest BCUT2D eigenvalue weighted by atomic mass is 32.1. The van der Waals surface area contributed by atoms with Crippen LogP contribution >= 0.6 is 11.3 Å². The highest BCUT2D eigenvalue weighted by molar-refractivity contribution is 7.13. The number of fused-ring (bicyclic) bond motifs is 1. The fraction of sp³-hybridized carbons (Fsp3) is 0.444. The summed E-state index contributed by atoms with van der Waals surface area (Å²) < 4.78 is 0. The van der Waals surface area contributed by atoms with E-state index in [0.717, 1.165) is 29.8 Å². The summed E-state index contributed by atoms with van der Waals surface area (Å²) in [6.45, 7) is 0. The van der Waals surface area contributed by atoms with Crippen LogP contribution in [0.2, 0.25) is 0 Å². The molecular formula is C9H9NO3S. The molecular weight excluding hydrogens is 202 g/mol. The van der Waals surface area contributed by atoms with Gasteiger partial charge in [0.1, 0.15) is 6.42 Å². The first-order valence-corrected chi connectivity index (χ1v) is 5.22. The third-order valence-corrected chi connectivity index (χ3v) is 3.34. The molecule has 0 fully saturated rings. The van der Waals surface area contributed by atoms with Gasteiger partial charge < -0.3 is 5.11 Å². The van der Waals surface area contributed by atoms with Gasteiger partial charge in [0.2, 0.25) is 5.78 Å². The van der Waals surface area contributed by atoms with Crippen molar-refractivity contribution in [2.24, 2.45) is 0 Å². The van der Waals surface area contributed by atoms with Gasteiger partial charge in [-0.2, -0.15) is 0 Å². The van der Waals surface area contributed by atoms with Gasteiger partial charge >= 0.3 is 5.97 Å². The predicted octanol–water partition coefficient (Wildman–Crippen LogP) is 1.29. The molecule has 0 amide bonds. The molecule has 1 aromatic heterocycles. The Labute approximate surface area is 84.6 Å². The molecule has 1 aliphatic carbocycles. The molecule has 0 saturated carbocycles. The largest absolute Gasteiger partial charge is 0.481 e. The zero-order chi connectivity index (χ0) is 10.1. The summed E-state index contributed by atoms with van der Waals surface area (Å²) in [5.74, 6) is -1.47. The number of hydrogen-bond donors (Lipinski definition) is 1. The predicted molar refractivity (Wildman–Crippen MR) is 50.7 cm³/mol. The number of hydrogen-bond acceptors (Lipinski definition) is 4. The quantitative estimate of drug-likeness (QED) is 0.604. The molecule has 1 N–H and O–H groups in total. The maximum absolute atomic E-state index is 11.3. The highest BCUT2D eigenvalue weighted by Gasteiger charge is 2.21. The number of nitrogens with zero attached hydrogens (tertiary/aromatic N) is 1. The van der Waals surface area contributed by atoms with Gasteiger partial charge in [-0.15, -0.1) is 11.3 Å². The van der Waals surface area contributed by atoms with Crippen LogP contribution in [0.4, 0.5) is 0 Å². The van der Waals surface area contributed by atoms with E-state index < -0.39 is 12.4 Å². The molecule has 0 aliphatic heterocycles. The molecule has 2 rings (SSSR count). The zero-order valence-electron chi connectivity index (χ0n) is 7.45. The second kappa shape index (κ2) is 3.49. The van der Waals surface area contributed by atoms with Crippen molar-refractivity contribution in [3.8, 4) is 0 Å². The Bertz CT molecular complexity index is 375. The van der Waals surface area contributed by atoms with Crippen molar-refractivity contribution in [1.82, 2.24) is 4.98 Å². The van der Waals surface area contributed by atoms with Crippen molar-refractivity contribution in [3.63, 3.8) is 0 Å². The van der Waals surface area contributed by atoms with Crippen LogP contribution in [0.15, 0.2) is 0 Å². The van der Waals surface area contributed by atoms with Gasteiger partial charge in [0, 0.05) is 4.88 Å². The van der Waals surface area contributed by atoms with E-state index in [0.29, 0.717) is 5.01 Å². The number of Topliss-reactive ketones (excluding diaryl/α,β-unsaturated/α-hetero) is 1. The lowest BCUT2D eigenvalue weighted by atomic mass is 10.3. The number of aromatic nitrogens is 1. The second-order valence-electron chi connectivity index (χ2n) is 3.24. The van der Waals surface area contributed by atoms with Gasteiger partial charge in [-0.05, 0) is 19.3 Å². The van der Waals surface area contributed by atoms with Crippen molar-refractivity contribution < 1.29 is 14.7 Å². The molecule has 1 aromatic rings. The number of carboxylic acid groups (broad SMARTS) is 1. The number of aryl methyl sites for hydroxylation is 2. The summed E-state index contributed by atoms with van der Waals surface area (Å²) in [4.78, 5) is 26.9. The molecule has 5 heteroatoms. The van der Waals surface area contributed by atoms with Crippen LogP contribution in [0.1, 0.15) is 33.2 Å². The maximum atomic E-state index is 11.3. The molecule has 0 bridgehead atoms. The van der Waals surface area contributed by atoms with Crippen LogP contribution in [0.3, 0.4) is 0 Å². The first-order valence-electron chi connectivity index (χ1n) is 4.40. The summed E-state index contributed by atoms with van der Waals surface area (Å²) in [6, 6.07) is 0. The minimum atomic E-state index is -1.09. The molecule has 0 saturated heterocycles. The summed E-state index contributed by atoms with van der Waals surface area (Å²) in [7, 11) is 0. The normalized spacial score (nSPS) is 14.0. The van der Waals surface area contributed by atoms with E-state index in [-0.39, 0.29) is 5.78 Å². The van der Waals surface area contributed by atoms with Crippen LogP contribution in [-0.4, -0.2) is 21.8 Å². The SMILES string of the molecule is O=C(O)CC(=O)c1nc2c(s1)CCC2. The van der Waals surface area contributed by atoms with Crippen molar-refractivity contribution >= 4 is 23.1 Å². The highest BCUT2D eigenvalue weighted by Crippen LogP contribution is 2.27. The molecule has 14 heavy (non-hydrogen) atoms. The number of ketones is 1. The molecule has 1 heterocycles. The third-order valence-electron chi connectivity index (χ3n) is 2.15. The molecule has 4 nitrogen and oxygen atoms in total. The Morgan fingerprint density at radius 1 is 1.43 bits per heavy atom. The molecule has 74 valence electrons. The summed E-state index contributed by atoms with van der Waals surface area (Å²) >= 11 is 1.35. The van der Waals surface area contributed by atoms with E-state index in [1.54, 1.807) is 0 Å².